The van der Waals surface area contributed by atoms with Gasteiger partial charge in [-0.3, -0.25) is 0 Å². The Bertz CT molecular complexity index is 659. The maximum absolute atomic E-state index is 12.7. The molecule has 7 heteroatoms. The van der Waals surface area contributed by atoms with E-state index in [-0.39, 0.29) is 6.42 Å². The van der Waals surface area contributed by atoms with Crippen molar-refractivity contribution < 1.29 is 13.2 Å². The smallest absolute Gasteiger partial charge is 0.236 e. The summed E-state index contributed by atoms with van der Waals surface area (Å²) in [7, 11) is 0. The number of aromatic nitrogens is 2. The van der Waals surface area contributed by atoms with Crippen molar-refractivity contribution in [1.29, 1.82) is 0 Å². The quantitative estimate of drug-likeness (QED) is 0.515. The van der Waals surface area contributed by atoms with Crippen molar-refractivity contribution in [3.63, 3.8) is 0 Å². The summed E-state index contributed by atoms with van der Waals surface area (Å²) in [6, 6.07) is 5.16. The zero-order valence-electron chi connectivity index (χ0n) is 11.0. The second-order valence-electron chi connectivity index (χ2n) is 4.42. The number of alkyl halides is 3. The van der Waals surface area contributed by atoms with Crippen LogP contribution in [0.15, 0.2) is 24.3 Å². The van der Waals surface area contributed by atoms with Crippen LogP contribution in [0.4, 0.5) is 13.2 Å². The van der Waals surface area contributed by atoms with Gasteiger partial charge in [-0.2, -0.15) is 13.2 Å². The summed E-state index contributed by atoms with van der Waals surface area (Å²) >= 11 is 8.09. The number of benzene rings is 1. The Morgan fingerprint density at radius 1 is 1.24 bits per heavy atom. The summed E-state index contributed by atoms with van der Waals surface area (Å²) < 4.78 is 38.8. The van der Waals surface area contributed by atoms with Gasteiger partial charge in [0.05, 0.1) is 14.8 Å². The minimum atomic E-state index is -4.35. The van der Waals surface area contributed by atoms with Crippen molar-refractivity contribution in [2.45, 2.75) is 25.9 Å². The molecule has 0 saturated carbocycles. The highest BCUT2D eigenvalue weighted by Crippen LogP contribution is 2.30. The Hall–Kier alpha value is -0.890. The molecule has 0 atom stereocenters. The van der Waals surface area contributed by atoms with E-state index in [2.05, 4.69) is 32.6 Å². The highest BCUT2D eigenvalue weighted by molar-refractivity contribution is 14.1. The highest BCUT2D eigenvalue weighted by atomic mass is 127. The lowest BCUT2D eigenvalue weighted by Crippen LogP contribution is -2.07. The first-order chi connectivity index (χ1) is 9.81. The van der Waals surface area contributed by atoms with Gasteiger partial charge in [0.15, 0.2) is 0 Å². The summed E-state index contributed by atoms with van der Waals surface area (Å²) in [4.78, 5) is 8.49. The maximum atomic E-state index is 12.7. The van der Waals surface area contributed by atoms with Crippen LogP contribution >= 0.6 is 34.2 Å². The molecule has 0 N–H and O–H groups in total. The standard InChI is InChI=1S/C14H11ClF3IN2/c1-2-10-12(19)13(15)21-11(20-10)7-8-4-3-5-9(6-8)14(16,17)18/h3-6H,2,7H2,1H3. The third kappa shape index (κ3) is 4.06. The average Bonchev–Trinajstić information content (AvgIpc) is 2.42. The molecule has 0 amide bonds. The van der Waals surface area contributed by atoms with E-state index in [4.69, 9.17) is 11.6 Å². The summed E-state index contributed by atoms with van der Waals surface area (Å²) in [5, 5.41) is 0.337. The molecule has 1 aromatic heterocycles. The van der Waals surface area contributed by atoms with E-state index < -0.39 is 11.7 Å². The van der Waals surface area contributed by atoms with Crippen LogP contribution in [0.25, 0.3) is 0 Å². The lowest BCUT2D eigenvalue weighted by atomic mass is 10.1. The van der Waals surface area contributed by atoms with Crippen molar-refractivity contribution in [3.05, 3.63) is 55.6 Å². The number of nitrogens with zero attached hydrogens (tertiary/aromatic N) is 2. The SMILES string of the molecule is CCc1nc(Cc2cccc(C(F)(F)F)c2)nc(Cl)c1I. The van der Waals surface area contributed by atoms with Gasteiger partial charge >= 0.3 is 6.18 Å². The van der Waals surface area contributed by atoms with Crippen molar-refractivity contribution in [2.24, 2.45) is 0 Å². The monoisotopic (exact) mass is 426 g/mol. The van der Waals surface area contributed by atoms with Crippen LogP contribution in [0.3, 0.4) is 0 Å². The molecule has 0 aliphatic carbocycles. The largest absolute Gasteiger partial charge is 0.416 e. The van der Waals surface area contributed by atoms with E-state index in [1.54, 1.807) is 6.07 Å². The number of rotatable bonds is 3. The first-order valence-corrected chi connectivity index (χ1v) is 7.64. The normalized spacial score (nSPS) is 11.7. The van der Waals surface area contributed by atoms with Gasteiger partial charge in [-0.15, -0.1) is 0 Å². The summed E-state index contributed by atoms with van der Waals surface area (Å²) in [5.74, 6) is 0.427. The van der Waals surface area contributed by atoms with Crippen LogP contribution in [-0.2, 0) is 19.0 Å². The minimum absolute atomic E-state index is 0.216. The molecule has 0 bridgehead atoms. The minimum Gasteiger partial charge on any atom is -0.236 e. The van der Waals surface area contributed by atoms with E-state index >= 15 is 0 Å². The van der Waals surface area contributed by atoms with Crippen molar-refractivity contribution in [2.75, 3.05) is 0 Å². The van der Waals surface area contributed by atoms with Crippen LogP contribution in [0, 0.1) is 3.57 Å². The molecule has 0 aliphatic heterocycles. The molecule has 0 aliphatic rings. The van der Waals surface area contributed by atoms with Gasteiger partial charge in [0, 0.05) is 6.42 Å². The van der Waals surface area contributed by atoms with E-state index in [9.17, 15) is 13.2 Å². The third-order valence-corrected chi connectivity index (χ3v) is 4.60. The van der Waals surface area contributed by atoms with E-state index in [1.807, 2.05) is 6.92 Å². The second kappa shape index (κ2) is 6.48. The van der Waals surface area contributed by atoms with Crippen LogP contribution in [0.5, 0.6) is 0 Å². The number of halogens is 5. The fraction of sp³-hybridized carbons (Fsp3) is 0.286. The van der Waals surface area contributed by atoms with Crippen LogP contribution < -0.4 is 0 Å². The molecule has 112 valence electrons. The van der Waals surface area contributed by atoms with Gasteiger partial charge in [-0.05, 0) is 40.6 Å². The topological polar surface area (TPSA) is 25.8 Å². The van der Waals surface area contributed by atoms with E-state index in [0.717, 1.165) is 21.4 Å². The molecule has 0 saturated heterocycles. The van der Waals surface area contributed by atoms with E-state index in [1.165, 1.54) is 6.07 Å². The molecule has 1 aromatic carbocycles. The number of hydrogen-bond donors (Lipinski definition) is 0. The fourth-order valence-electron chi connectivity index (χ4n) is 1.86. The van der Waals surface area contributed by atoms with Crippen LogP contribution in [0.1, 0.15) is 29.6 Å². The van der Waals surface area contributed by atoms with Crippen LogP contribution in [-0.4, -0.2) is 9.97 Å². The Balaban J connectivity index is 2.32. The maximum Gasteiger partial charge on any atom is 0.416 e. The predicted octanol–water partition coefficient (Wildman–Crippen LogP) is 4.91. The van der Waals surface area contributed by atoms with Gasteiger partial charge in [0.2, 0.25) is 0 Å². The number of hydrogen-bond acceptors (Lipinski definition) is 2. The fourth-order valence-corrected chi connectivity index (χ4v) is 2.69. The molecule has 2 nitrogen and oxygen atoms in total. The predicted molar refractivity (Wildman–Crippen MR) is 83.4 cm³/mol. The first-order valence-electron chi connectivity index (χ1n) is 6.18. The Morgan fingerprint density at radius 3 is 2.57 bits per heavy atom. The zero-order valence-corrected chi connectivity index (χ0v) is 13.9. The second-order valence-corrected chi connectivity index (χ2v) is 5.86. The zero-order chi connectivity index (χ0) is 15.6. The van der Waals surface area contributed by atoms with Gasteiger partial charge in [0.25, 0.3) is 0 Å². The number of aryl methyl sites for hydroxylation is 1. The third-order valence-electron chi connectivity index (χ3n) is 2.88. The molecule has 0 spiro atoms. The molecular weight excluding hydrogens is 416 g/mol. The average molecular weight is 427 g/mol. The van der Waals surface area contributed by atoms with Gasteiger partial charge in [-0.1, -0.05) is 36.7 Å². The molecule has 0 unspecified atom stereocenters. The molecule has 21 heavy (non-hydrogen) atoms. The molecule has 0 radical (unpaired) electrons. The van der Waals surface area contributed by atoms with Gasteiger partial charge in [-0.25, -0.2) is 9.97 Å². The lowest BCUT2D eigenvalue weighted by Gasteiger charge is -2.09. The van der Waals surface area contributed by atoms with Crippen LogP contribution in [0.2, 0.25) is 5.15 Å². The van der Waals surface area contributed by atoms with Crippen molar-refractivity contribution >= 4 is 34.2 Å². The van der Waals surface area contributed by atoms with E-state index in [0.29, 0.717) is 23.0 Å². The molecule has 2 rings (SSSR count). The summed E-state index contributed by atoms with van der Waals surface area (Å²) in [5.41, 5.74) is 0.633. The van der Waals surface area contributed by atoms with Crippen molar-refractivity contribution in [3.8, 4) is 0 Å². The molecule has 0 fully saturated rings. The summed E-state index contributed by atoms with van der Waals surface area (Å²) in [6.45, 7) is 1.94. The molecular formula is C14H11ClF3IN2. The first kappa shape index (κ1) is 16.5. The Labute approximate surface area is 138 Å². The molecule has 1 heterocycles. The summed E-state index contributed by atoms with van der Waals surface area (Å²) in [6.07, 6.45) is -3.45. The lowest BCUT2D eigenvalue weighted by molar-refractivity contribution is -0.137. The van der Waals surface area contributed by atoms with Gasteiger partial charge in [0.1, 0.15) is 11.0 Å². The van der Waals surface area contributed by atoms with Gasteiger partial charge < -0.3 is 0 Å². The Kier molecular flexibility index (Phi) is 5.08. The molecule has 2 aromatic rings. The Morgan fingerprint density at radius 2 is 1.95 bits per heavy atom. The highest BCUT2D eigenvalue weighted by Gasteiger charge is 2.30. The van der Waals surface area contributed by atoms with Crippen molar-refractivity contribution in [1.82, 2.24) is 9.97 Å².